The minimum atomic E-state index is -0.589. The molecule has 0 saturated heterocycles. The Balaban J connectivity index is 2.01. The highest BCUT2D eigenvalue weighted by Gasteiger charge is 2.19. The van der Waals surface area contributed by atoms with Gasteiger partial charge in [-0.05, 0) is 42.0 Å². The maximum atomic E-state index is 13.9. The lowest BCUT2D eigenvalue weighted by molar-refractivity contribution is 0.541. The zero-order chi connectivity index (χ0) is 14.1. The number of nitrogens with one attached hydrogen (secondary N) is 1. The maximum Gasteiger partial charge on any atom is 0.131 e. The Kier molecular flexibility index (Phi) is 3.51. The van der Waals surface area contributed by atoms with E-state index in [1.807, 2.05) is 6.07 Å². The molecule has 0 spiro atoms. The van der Waals surface area contributed by atoms with Crippen molar-refractivity contribution in [2.75, 3.05) is 0 Å². The molecule has 2 aromatic rings. The SMILES string of the molecule is NNC(c1ccc2c(c1)CCC2)c1ccc(F)cc1F. The standard InChI is InChI=1S/C16H16F2N2/c17-13-6-7-14(15(18)9-13)16(20-19)12-5-4-10-2-1-3-11(10)8-12/h4-9,16,20H,1-3,19H2. The van der Waals surface area contributed by atoms with Crippen LogP contribution in [0.3, 0.4) is 0 Å². The summed E-state index contributed by atoms with van der Waals surface area (Å²) < 4.78 is 26.9. The average Bonchev–Trinajstić information content (AvgIpc) is 2.89. The Labute approximate surface area is 116 Å². The van der Waals surface area contributed by atoms with Crippen molar-refractivity contribution in [3.63, 3.8) is 0 Å². The average molecular weight is 274 g/mol. The summed E-state index contributed by atoms with van der Waals surface area (Å²) >= 11 is 0. The van der Waals surface area contributed by atoms with Gasteiger partial charge in [0, 0.05) is 11.6 Å². The van der Waals surface area contributed by atoms with E-state index in [-0.39, 0.29) is 0 Å². The molecule has 0 aliphatic heterocycles. The lowest BCUT2D eigenvalue weighted by atomic mass is 9.96. The summed E-state index contributed by atoms with van der Waals surface area (Å²) in [4.78, 5) is 0. The normalized spacial score (nSPS) is 15.2. The van der Waals surface area contributed by atoms with E-state index >= 15 is 0 Å². The van der Waals surface area contributed by atoms with Crippen LogP contribution in [0.15, 0.2) is 36.4 Å². The lowest BCUT2D eigenvalue weighted by Crippen LogP contribution is -2.29. The Hall–Kier alpha value is -1.78. The van der Waals surface area contributed by atoms with Gasteiger partial charge in [-0.3, -0.25) is 5.84 Å². The first-order valence-electron chi connectivity index (χ1n) is 6.72. The molecule has 2 nitrogen and oxygen atoms in total. The van der Waals surface area contributed by atoms with Crippen LogP contribution in [0.5, 0.6) is 0 Å². The molecule has 3 N–H and O–H groups in total. The van der Waals surface area contributed by atoms with Crippen molar-refractivity contribution in [2.24, 2.45) is 5.84 Å². The molecular weight excluding hydrogens is 258 g/mol. The molecule has 0 radical (unpaired) electrons. The quantitative estimate of drug-likeness (QED) is 0.667. The molecule has 1 aliphatic rings. The van der Waals surface area contributed by atoms with Crippen molar-refractivity contribution >= 4 is 0 Å². The van der Waals surface area contributed by atoms with Gasteiger partial charge in [-0.2, -0.15) is 0 Å². The first-order chi connectivity index (χ1) is 9.69. The van der Waals surface area contributed by atoms with E-state index in [4.69, 9.17) is 5.84 Å². The number of nitrogens with two attached hydrogens (primary N) is 1. The molecule has 2 aromatic carbocycles. The summed E-state index contributed by atoms with van der Waals surface area (Å²) in [6, 6.07) is 9.18. The number of hydrogen-bond donors (Lipinski definition) is 2. The Morgan fingerprint density at radius 2 is 1.80 bits per heavy atom. The minimum absolute atomic E-state index is 0.354. The first kappa shape index (κ1) is 13.2. The zero-order valence-corrected chi connectivity index (χ0v) is 11.0. The Bertz CT molecular complexity index is 640. The summed E-state index contributed by atoms with van der Waals surface area (Å²) in [6.45, 7) is 0. The molecule has 0 aromatic heterocycles. The minimum Gasteiger partial charge on any atom is -0.271 e. The smallest absolute Gasteiger partial charge is 0.131 e. The van der Waals surface area contributed by atoms with Crippen LogP contribution in [-0.4, -0.2) is 0 Å². The fourth-order valence-corrected chi connectivity index (χ4v) is 2.87. The van der Waals surface area contributed by atoms with E-state index in [1.54, 1.807) is 0 Å². The Morgan fingerprint density at radius 3 is 2.55 bits per heavy atom. The van der Waals surface area contributed by atoms with Crippen molar-refractivity contribution in [2.45, 2.75) is 25.3 Å². The zero-order valence-electron chi connectivity index (χ0n) is 11.0. The molecule has 0 bridgehead atoms. The highest BCUT2D eigenvalue weighted by atomic mass is 19.1. The Morgan fingerprint density at radius 1 is 1.00 bits per heavy atom. The second-order valence-corrected chi connectivity index (χ2v) is 5.15. The highest BCUT2D eigenvalue weighted by molar-refractivity contribution is 5.40. The second kappa shape index (κ2) is 5.31. The van der Waals surface area contributed by atoms with Gasteiger partial charge in [0.15, 0.2) is 0 Å². The number of hydrogen-bond acceptors (Lipinski definition) is 2. The van der Waals surface area contributed by atoms with Crippen LogP contribution in [0.1, 0.15) is 34.7 Å². The number of benzene rings is 2. The molecular formula is C16H16F2N2. The van der Waals surface area contributed by atoms with Gasteiger partial charge in [0.25, 0.3) is 0 Å². The van der Waals surface area contributed by atoms with Gasteiger partial charge in [0.2, 0.25) is 0 Å². The van der Waals surface area contributed by atoms with Crippen LogP contribution >= 0.6 is 0 Å². The molecule has 1 aliphatic carbocycles. The first-order valence-corrected chi connectivity index (χ1v) is 6.72. The third kappa shape index (κ3) is 2.32. The molecule has 104 valence electrons. The van der Waals surface area contributed by atoms with Crippen LogP contribution in [0.25, 0.3) is 0 Å². The molecule has 1 unspecified atom stereocenters. The third-order valence-electron chi connectivity index (χ3n) is 3.90. The van der Waals surface area contributed by atoms with E-state index in [1.165, 1.54) is 23.3 Å². The monoisotopic (exact) mass is 274 g/mol. The van der Waals surface area contributed by atoms with Gasteiger partial charge in [-0.1, -0.05) is 24.3 Å². The largest absolute Gasteiger partial charge is 0.271 e. The molecule has 0 fully saturated rings. The summed E-state index contributed by atoms with van der Waals surface area (Å²) in [7, 11) is 0. The summed E-state index contributed by atoms with van der Waals surface area (Å²) in [5.74, 6) is 4.40. The van der Waals surface area contributed by atoms with Crippen LogP contribution in [0.4, 0.5) is 8.78 Å². The van der Waals surface area contributed by atoms with E-state index in [2.05, 4.69) is 17.6 Å². The van der Waals surface area contributed by atoms with E-state index in [0.29, 0.717) is 5.56 Å². The van der Waals surface area contributed by atoms with Crippen molar-refractivity contribution < 1.29 is 8.78 Å². The van der Waals surface area contributed by atoms with Crippen molar-refractivity contribution in [1.82, 2.24) is 5.43 Å². The number of aryl methyl sites for hydroxylation is 2. The van der Waals surface area contributed by atoms with Gasteiger partial charge in [-0.25, -0.2) is 14.2 Å². The van der Waals surface area contributed by atoms with Crippen molar-refractivity contribution in [3.05, 3.63) is 70.3 Å². The van der Waals surface area contributed by atoms with Crippen LogP contribution in [-0.2, 0) is 12.8 Å². The summed E-state index contributed by atoms with van der Waals surface area (Å²) in [5.41, 5.74) is 6.53. The molecule has 0 saturated carbocycles. The number of halogens is 2. The third-order valence-corrected chi connectivity index (χ3v) is 3.90. The predicted molar refractivity (Wildman–Crippen MR) is 74.0 cm³/mol. The summed E-state index contributed by atoms with van der Waals surface area (Å²) in [6.07, 6.45) is 3.30. The van der Waals surface area contributed by atoms with Crippen molar-refractivity contribution in [1.29, 1.82) is 0 Å². The molecule has 0 heterocycles. The molecule has 0 amide bonds. The van der Waals surface area contributed by atoms with Gasteiger partial charge >= 0.3 is 0 Å². The number of fused-ring (bicyclic) bond motifs is 1. The van der Waals surface area contributed by atoms with Crippen molar-refractivity contribution in [3.8, 4) is 0 Å². The summed E-state index contributed by atoms with van der Waals surface area (Å²) in [5, 5.41) is 0. The topological polar surface area (TPSA) is 38.0 Å². The van der Waals surface area contributed by atoms with Gasteiger partial charge in [0.1, 0.15) is 11.6 Å². The van der Waals surface area contributed by atoms with E-state index < -0.39 is 17.7 Å². The predicted octanol–water partition coefficient (Wildman–Crippen LogP) is 3.01. The van der Waals surface area contributed by atoms with Gasteiger partial charge < -0.3 is 0 Å². The van der Waals surface area contributed by atoms with Gasteiger partial charge in [-0.15, -0.1) is 0 Å². The van der Waals surface area contributed by atoms with Crippen LogP contribution in [0, 0.1) is 11.6 Å². The molecule has 4 heteroatoms. The highest BCUT2D eigenvalue weighted by Crippen LogP contribution is 2.29. The second-order valence-electron chi connectivity index (χ2n) is 5.15. The molecule has 3 rings (SSSR count). The fourth-order valence-electron chi connectivity index (χ4n) is 2.87. The number of rotatable bonds is 3. The molecule has 20 heavy (non-hydrogen) atoms. The van der Waals surface area contributed by atoms with Crippen LogP contribution in [0.2, 0.25) is 0 Å². The van der Waals surface area contributed by atoms with Crippen LogP contribution < -0.4 is 11.3 Å². The molecule has 1 atom stereocenters. The maximum absolute atomic E-state index is 13.9. The number of hydrazine groups is 1. The van der Waals surface area contributed by atoms with E-state index in [0.717, 1.165) is 30.9 Å². The van der Waals surface area contributed by atoms with Gasteiger partial charge in [0.05, 0.1) is 6.04 Å². The van der Waals surface area contributed by atoms with E-state index in [9.17, 15) is 8.78 Å². The lowest BCUT2D eigenvalue weighted by Gasteiger charge is -2.18. The fraction of sp³-hybridized carbons (Fsp3) is 0.250.